The minimum Gasteiger partial charge on any atom is -0.372 e. The van der Waals surface area contributed by atoms with Crippen LogP contribution in [0.3, 0.4) is 0 Å². The molecule has 2 N–H and O–H groups in total. The Hall–Kier alpha value is -4.51. The highest BCUT2D eigenvalue weighted by Crippen LogP contribution is 2.34. The van der Waals surface area contributed by atoms with Gasteiger partial charge >= 0.3 is 6.18 Å². The number of H-pyrrole nitrogens is 1. The molecule has 0 spiro atoms. The molecule has 18 heteroatoms. The van der Waals surface area contributed by atoms with E-state index in [-0.39, 0.29) is 52.4 Å². The number of morpholine rings is 1. The van der Waals surface area contributed by atoms with Gasteiger partial charge in [-0.1, -0.05) is 18.5 Å². The van der Waals surface area contributed by atoms with Crippen molar-refractivity contribution in [1.29, 1.82) is 0 Å². The summed E-state index contributed by atoms with van der Waals surface area (Å²) in [6.45, 7) is 8.25. The number of aromatic amines is 1. The van der Waals surface area contributed by atoms with Crippen LogP contribution in [0.5, 0.6) is 0 Å². The van der Waals surface area contributed by atoms with Crippen LogP contribution in [0.4, 0.5) is 36.2 Å². The maximum absolute atomic E-state index is 14.3. The number of nitrogens with zero attached hydrogens (tertiary/aromatic N) is 8. The summed E-state index contributed by atoms with van der Waals surface area (Å²) in [7, 11) is 0. The third-order valence-electron chi connectivity index (χ3n) is 9.88. The molecule has 51 heavy (non-hydrogen) atoms. The molecular formula is C33H40ClF3N10O4. The van der Waals surface area contributed by atoms with Gasteiger partial charge in [-0.3, -0.25) is 14.4 Å². The standard InChI is InChI=1S/C33H40ClF3N10O4/c1-4-25-28(43-12-10-42(11-13-43)26-15-38-46(29(26)49)22-6-5-7-22)30(50)47-32(40-31(41-47)44-16-19(2)51-20(3)17-44)45(25)18-27(48)39-24-9-8-21(14-23(24)34)33(35,36)37/h8-9,14-15,19-20,22,38H,4-7,10-13,16-18H2,1-3H3,(H,39,48)/t19-,20+. The third-order valence-corrected chi connectivity index (χ3v) is 10.2. The van der Waals surface area contributed by atoms with Gasteiger partial charge in [0.25, 0.3) is 11.1 Å². The molecule has 14 nitrogen and oxygen atoms in total. The van der Waals surface area contributed by atoms with Crippen LogP contribution in [0.1, 0.15) is 57.3 Å². The number of benzene rings is 1. The third kappa shape index (κ3) is 6.68. The number of ether oxygens (including phenoxy) is 1. The zero-order chi connectivity index (χ0) is 36.2. The molecule has 7 rings (SSSR count). The minimum absolute atomic E-state index is 0.0145. The summed E-state index contributed by atoms with van der Waals surface area (Å²) in [6, 6.07) is 2.92. The zero-order valence-electron chi connectivity index (χ0n) is 28.5. The molecule has 3 aromatic heterocycles. The fourth-order valence-electron chi connectivity index (χ4n) is 7.21. The van der Waals surface area contributed by atoms with Crippen LogP contribution in [0.15, 0.2) is 34.0 Å². The monoisotopic (exact) mass is 732 g/mol. The number of halogens is 4. The van der Waals surface area contributed by atoms with Crippen LogP contribution in [-0.4, -0.2) is 86.3 Å². The first kappa shape index (κ1) is 34.9. The van der Waals surface area contributed by atoms with Crippen molar-refractivity contribution in [2.45, 2.75) is 77.4 Å². The highest BCUT2D eigenvalue weighted by Gasteiger charge is 2.33. The quantitative estimate of drug-likeness (QED) is 0.276. The lowest BCUT2D eigenvalue weighted by Gasteiger charge is -2.37. The number of rotatable bonds is 8. The summed E-state index contributed by atoms with van der Waals surface area (Å²) >= 11 is 6.15. The first-order valence-electron chi connectivity index (χ1n) is 17.2. The zero-order valence-corrected chi connectivity index (χ0v) is 29.3. The van der Waals surface area contributed by atoms with Crippen LogP contribution in [-0.2, 0) is 28.7 Å². The molecule has 5 heterocycles. The van der Waals surface area contributed by atoms with Gasteiger partial charge in [0, 0.05) is 45.5 Å². The summed E-state index contributed by atoms with van der Waals surface area (Å²) in [5.41, 5.74) is 0.151. The van der Waals surface area contributed by atoms with Crippen LogP contribution < -0.4 is 31.1 Å². The number of anilines is 4. The predicted molar refractivity (Wildman–Crippen MR) is 186 cm³/mol. The van der Waals surface area contributed by atoms with Crippen molar-refractivity contribution in [2.75, 3.05) is 59.3 Å². The number of alkyl halides is 3. The lowest BCUT2D eigenvalue weighted by atomic mass is 9.93. The van der Waals surface area contributed by atoms with Gasteiger partial charge in [-0.05, 0) is 57.7 Å². The van der Waals surface area contributed by atoms with Gasteiger partial charge in [0.1, 0.15) is 17.9 Å². The number of hydrogen-bond acceptors (Lipinski definition) is 9. The van der Waals surface area contributed by atoms with E-state index in [0.29, 0.717) is 68.7 Å². The Morgan fingerprint density at radius 2 is 1.73 bits per heavy atom. The number of amides is 1. The molecule has 1 saturated carbocycles. The molecule has 2 aliphatic heterocycles. The van der Waals surface area contributed by atoms with E-state index in [4.69, 9.17) is 21.3 Å². The lowest BCUT2D eigenvalue weighted by molar-refractivity contribution is -0.137. The van der Waals surface area contributed by atoms with Gasteiger partial charge in [0.15, 0.2) is 0 Å². The number of hydrogen-bond donors (Lipinski definition) is 2. The molecule has 0 radical (unpaired) electrons. The SMILES string of the molecule is CCc1c(N2CCN(c3c[nH]n(C4CCC4)c3=O)CC2)c(=O)n2nc(N3C[C@@H](C)O[C@@H](C)C3)nc2n1CC(=O)Nc1ccc(C(F)(F)F)cc1Cl. The van der Waals surface area contributed by atoms with Crippen molar-refractivity contribution in [2.24, 2.45) is 0 Å². The number of piperazine rings is 1. The fourth-order valence-corrected chi connectivity index (χ4v) is 7.44. The van der Waals surface area contributed by atoms with Gasteiger partial charge in [0.2, 0.25) is 17.6 Å². The predicted octanol–water partition coefficient (Wildman–Crippen LogP) is 3.92. The normalized spacial score (nSPS) is 20.3. The fraction of sp³-hybridized carbons (Fsp3) is 0.545. The number of carbonyl (C=O) groups is 1. The second-order valence-corrected chi connectivity index (χ2v) is 13.9. The molecule has 1 amide bonds. The average molecular weight is 733 g/mol. The van der Waals surface area contributed by atoms with Crippen molar-refractivity contribution in [3.05, 3.63) is 61.4 Å². The highest BCUT2D eigenvalue weighted by atomic mass is 35.5. The highest BCUT2D eigenvalue weighted by molar-refractivity contribution is 6.33. The van der Waals surface area contributed by atoms with Crippen LogP contribution in [0.25, 0.3) is 5.78 Å². The maximum atomic E-state index is 14.3. The number of carbonyl (C=O) groups excluding carboxylic acids is 1. The van der Waals surface area contributed by atoms with Crippen LogP contribution >= 0.6 is 11.6 Å². The van der Waals surface area contributed by atoms with E-state index in [9.17, 15) is 27.6 Å². The van der Waals surface area contributed by atoms with Gasteiger partial charge in [-0.2, -0.15) is 22.7 Å². The van der Waals surface area contributed by atoms with Crippen LogP contribution in [0, 0.1) is 0 Å². The second kappa shape index (κ2) is 13.6. The second-order valence-electron chi connectivity index (χ2n) is 13.5. The van der Waals surface area contributed by atoms with E-state index in [1.807, 2.05) is 35.5 Å². The molecule has 4 aromatic rings. The lowest BCUT2D eigenvalue weighted by Crippen LogP contribution is -2.50. The number of fused-ring (bicyclic) bond motifs is 1. The van der Waals surface area contributed by atoms with E-state index < -0.39 is 17.6 Å². The van der Waals surface area contributed by atoms with Crippen molar-refractivity contribution in [1.82, 2.24) is 28.9 Å². The minimum atomic E-state index is -4.59. The maximum Gasteiger partial charge on any atom is 0.416 e. The molecule has 1 aromatic carbocycles. The average Bonchev–Trinajstić information content (AvgIpc) is 3.66. The Morgan fingerprint density at radius 1 is 1.04 bits per heavy atom. The van der Waals surface area contributed by atoms with E-state index in [0.717, 1.165) is 37.5 Å². The number of nitrogens with one attached hydrogen (secondary N) is 2. The summed E-state index contributed by atoms with van der Waals surface area (Å²) in [5.74, 6) is -0.118. The molecule has 274 valence electrons. The first-order valence-corrected chi connectivity index (χ1v) is 17.6. The molecule has 2 saturated heterocycles. The topological polar surface area (TPSA) is 138 Å². The molecule has 2 atom stereocenters. The summed E-state index contributed by atoms with van der Waals surface area (Å²) in [5, 5.41) is 10.1. The summed E-state index contributed by atoms with van der Waals surface area (Å²) in [4.78, 5) is 51.7. The molecule has 0 unspecified atom stereocenters. The Bertz CT molecular complexity index is 2050. The Labute approximate surface area is 295 Å². The molecule has 0 bridgehead atoms. The molecular weight excluding hydrogens is 693 g/mol. The van der Waals surface area contributed by atoms with E-state index in [2.05, 4.69) is 15.5 Å². The van der Waals surface area contributed by atoms with Gasteiger partial charge in [-0.15, -0.1) is 5.10 Å². The summed E-state index contributed by atoms with van der Waals surface area (Å²) < 4.78 is 50.1. The van der Waals surface area contributed by atoms with E-state index in [1.54, 1.807) is 15.4 Å². The van der Waals surface area contributed by atoms with Crippen molar-refractivity contribution >= 4 is 46.3 Å². The van der Waals surface area contributed by atoms with E-state index in [1.165, 1.54) is 4.52 Å². The van der Waals surface area contributed by atoms with Gasteiger partial charge < -0.3 is 34.4 Å². The largest absolute Gasteiger partial charge is 0.416 e. The summed E-state index contributed by atoms with van der Waals surface area (Å²) in [6.07, 6.45) is 0.365. The molecule has 1 aliphatic carbocycles. The molecule has 3 fully saturated rings. The Balaban J connectivity index is 1.22. The van der Waals surface area contributed by atoms with Crippen LogP contribution in [0.2, 0.25) is 5.02 Å². The first-order chi connectivity index (χ1) is 24.3. The van der Waals surface area contributed by atoms with Crippen molar-refractivity contribution in [3.8, 4) is 0 Å². The van der Waals surface area contributed by atoms with Crippen molar-refractivity contribution in [3.63, 3.8) is 0 Å². The smallest absolute Gasteiger partial charge is 0.372 e. The van der Waals surface area contributed by atoms with E-state index >= 15 is 0 Å². The number of aromatic nitrogens is 6. The Morgan fingerprint density at radius 3 is 2.33 bits per heavy atom. The van der Waals surface area contributed by atoms with Gasteiger partial charge in [-0.25, -0.2) is 4.68 Å². The molecule has 3 aliphatic rings. The van der Waals surface area contributed by atoms with Gasteiger partial charge in [0.05, 0.1) is 40.2 Å². The Kier molecular flexibility index (Phi) is 9.28. The van der Waals surface area contributed by atoms with Crippen molar-refractivity contribution < 1.29 is 22.7 Å².